The van der Waals surface area contributed by atoms with Crippen molar-refractivity contribution in [3.8, 4) is 0 Å². The van der Waals surface area contributed by atoms with Gasteiger partial charge in [-0.15, -0.1) is 0 Å². The molecule has 2 heterocycles. The van der Waals surface area contributed by atoms with Crippen molar-refractivity contribution in [3.63, 3.8) is 0 Å². The van der Waals surface area contributed by atoms with E-state index in [0.717, 1.165) is 18.9 Å². The minimum atomic E-state index is -4.59. The number of ether oxygens (including phenoxy) is 1. The predicted molar refractivity (Wildman–Crippen MR) is 104 cm³/mol. The Morgan fingerprint density at radius 2 is 1.87 bits per heavy atom. The Balaban J connectivity index is 1.66. The average molecular weight is 427 g/mol. The first-order valence-corrected chi connectivity index (χ1v) is 10.2. The number of nitrogens with zero attached hydrogens (tertiary/aromatic N) is 3. The number of carbonyl (C=O) groups is 2. The highest BCUT2D eigenvalue weighted by atomic mass is 19.4. The Hall–Kier alpha value is -2.32. The Morgan fingerprint density at radius 1 is 1.20 bits per heavy atom. The molecule has 30 heavy (non-hydrogen) atoms. The predicted octanol–water partition coefficient (Wildman–Crippen LogP) is 4.31. The molecule has 6 nitrogen and oxygen atoms in total. The molecule has 0 N–H and O–H groups in total. The van der Waals surface area contributed by atoms with Gasteiger partial charge in [0.1, 0.15) is 11.3 Å². The monoisotopic (exact) mass is 427 g/mol. The van der Waals surface area contributed by atoms with E-state index in [2.05, 4.69) is 4.98 Å². The van der Waals surface area contributed by atoms with Crippen molar-refractivity contribution in [1.82, 2.24) is 14.8 Å². The fourth-order valence-corrected chi connectivity index (χ4v) is 3.56. The van der Waals surface area contributed by atoms with E-state index in [0.29, 0.717) is 31.7 Å². The number of aromatic nitrogens is 1. The Labute approximate surface area is 174 Å². The fourth-order valence-electron chi connectivity index (χ4n) is 3.56. The van der Waals surface area contributed by atoms with Gasteiger partial charge < -0.3 is 14.5 Å². The highest BCUT2D eigenvalue weighted by Crippen LogP contribution is 2.41. The third-order valence-corrected chi connectivity index (χ3v) is 5.19. The van der Waals surface area contributed by atoms with Gasteiger partial charge in [0, 0.05) is 43.9 Å². The van der Waals surface area contributed by atoms with Crippen LogP contribution in [0.15, 0.2) is 12.1 Å². The summed E-state index contributed by atoms with van der Waals surface area (Å²) < 4.78 is 45.0. The zero-order valence-electron chi connectivity index (χ0n) is 17.8. The van der Waals surface area contributed by atoms with Gasteiger partial charge in [0.05, 0.1) is 0 Å². The van der Waals surface area contributed by atoms with Gasteiger partial charge in [-0.1, -0.05) is 0 Å². The first-order chi connectivity index (χ1) is 13.8. The van der Waals surface area contributed by atoms with Crippen LogP contribution in [0.25, 0.3) is 0 Å². The molecule has 0 aromatic carbocycles. The topological polar surface area (TPSA) is 62.7 Å². The molecule has 1 atom stereocenters. The van der Waals surface area contributed by atoms with Crippen molar-refractivity contribution in [2.75, 3.05) is 26.7 Å². The van der Waals surface area contributed by atoms with Gasteiger partial charge in [-0.3, -0.25) is 4.79 Å². The normalized spacial score (nSPS) is 19.7. The number of hydrogen-bond acceptors (Lipinski definition) is 4. The number of rotatable bonds is 4. The van der Waals surface area contributed by atoms with Gasteiger partial charge >= 0.3 is 12.3 Å². The summed E-state index contributed by atoms with van der Waals surface area (Å²) in [4.78, 5) is 31.8. The SMILES string of the molecule is CN(CC1CCN(C(=O)c2cc(C3CC3)nc(C(F)(F)F)c2)C1)C(=O)OC(C)(C)C. The van der Waals surface area contributed by atoms with Gasteiger partial charge in [0.15, 0.2) is 0 Å². The molecule has 2 amide bonds. The third kappa shape index (κ3) is 5.64. The van der Waals surface area contributed by atoms with E-state index in [1.807, 2.05) is 0 Å². The van der Waals surface area contributed by atoms with Crippen LogP contribution in [0.5, 0.6) is 0 Å². The molecular formula is C21H28F3N3O3. The lowest BCUT2D eigenvalue weighted by Crippen LogP contribution is -2.38. The molecule has 0 spiro atoms. The smallest absolute Gasteiger partial charge is 0.433 e. The van der Waals surface area contributed by atoms with E-state index in [-0.39, 0.29) is 17.4 Å². The quantitative estimate of drug-likeness (QED) is 0.719. The second kappa shape index (κ2) is 8.07. The standard InChI is InChI=1S/C21H28F3N3O3/c1-20(2,3)30-19(29)26(4)11-13-7-8-27(12-13)18(28)15-9-16(14-5-6-14)25-17(10-15)21(22,23)24/h9-10,13-14H,5-8,11-12H2,1-4H3. The lowest BCUT2D eigenvalue weighted by Gasteiger charge is -2.26. The first kappa shape index (κ1) is 22.4. The lowest BCUT2D eigenvalue weighted by atomic mass is 10.1. The number of pyridine rings is 1. The third-order valence-electron chi connectivity index (χ3n) is 5.19. The highest BCUT2D eigenvalue weighted by Gasteiger charge is 2.37. The minimum Gasteiger partial charge on any atom is -0.444 e. The van der Waals surface area contributed by atoms with Crippen LogP contribution in [0.4, 0.5) is 18.0 Å². The molecule has 1 aliphatic heterocycles. The van der Waals surface area contributed by atoms with Gasteiger partial charge in [-0.2, -0.15) is 13.2 Å². The first-order valence-electron chi connectivity index (χ1n) is 10.2. The number of alkyl halides is 3. The van der Waals surface area contributed by atoms with Crippen molar-refractivity contribution in [2.45, 2.75) is 57.7 Å². The van der Waals surface area contributed by atoms with E-state index >= 15 is 0 Å². The molecule has 166 valence electrons. The van der Waals surface area contributed by atoms with E-state index in [1.165, 1.54) is 11.0 Å². The number of likely N-dealkylation sites (tertiary alicyclic amines) is 1. The molecule has 2 aliphatic rings. The lowest BCUT2D eigenvalue weighted by molar-refractivity contribution is -0.141. The summed E-state index contributed by atoms with van der Waals surface area (Å²) in [5.41, 5.74) is -1.25. The van der Waals surface area contributed by atoms with Crippen LogP contribution in [0.1, 0.15) is 67.7 Å². The van der Waals surface area contributed by atoms with Crippen LogP contribution >= 0.6 is 0 Å². The maximum atomic E-state index is 13.2. The van der Waals surface area contributed by atoms with Crippen LogP contribution in [0.3, 0.4) is 0 Å². The van der Waals surface area contributed by atoms with Gasteiger partial charge in [0.25, 0.3) is 5.91 Å². The Bertz CT molecular complexity index is 816. The second-order valence-electron chi connectivity index (χ2n) is 9.20. The number of hydrogen-bond donors (Lipinski definition) is 0. The maximum Gasteiger partial charge on any atom is 0.433 e. The zero-order chi connectivity index (χ0) is 22.3. The molecule has 1 aromatic rings. The average Bonchev–Trinajstić information content (AvgIpc) is 3.38. The summed E-state index contributed by atoms with van der Waals surface area (Å²) in [7, 11) is 1.64. The molecule has 0 radical (unpaired) electrons. The second-order valence-corrected chi connectivity index (χ2v) is 9.20. The highest BCUT2D eigenvalue weighted by molar-refractivity contribution is 5.94. The van der Waals surface area contributed by atoms with Crippen LogP contribution in [0.2, 0.25) is 0 Å². The van der Waals surface area contributed by atoms with Crippen molar-refractivity contribution in [3.05, 3.63) is 29.1 Å². The maximum absolute atomic E-state index is 13.2. The molecule has 9 heteroatoms. The molecule has 1 saturated carbocycles. The molecule has 0 bridgehead atoms. The van der Waals surface area contributed by atoms with Gasteiger partial charge in [0.2, 0.25) is 0 Å². The molecule has 1 unspecified atom stereocenters. The summed E-state index contributed by atoms with van der Waals surface area (Å²) in [6, 6.07) is 2.34. The molecular weight excluding hydrogens is 399 g/mol. The Morgan fingerprint density at radius 3 is 2.43 bits per heavy atom. The zero-order valence-corrected chi connectivity index (χ0v) is 17.8. The largest absolute Gasteiger partial charge is 0.444 e. The summed E-state index contributed by atoms with van der Waals surface area (Å²) in [6.45, 7) is 6.59. The number of carbonyl (C=O) groups excluding carboxylic acids is 2. The fraction of sp³-hybridized carbons (Fsp3) is 0.667. The number of amides is 2. The van der Waals surface area contributed by atoms with E-state index < -0.39 is 29.5 Å². The van der Waals surface area contributed by atoms with E-state index in [4.69, 9.17) is 4.74 Å². The van der Waals surface area contributed by atoms with Crippen molar-refractivity contribution in [2.24, 2.45) is 5.92 Å². The van der Waals surface area contributed by atoms with Crippen molar-refractivity contribution < 1.29 is 27.5 Å². The molecule has 1 saturated heterocycles. The molecule has 1 aliphatic carbocycles. The van der Waals surface area contributed by atoms with Gasteiger partial charge in [-0.05, 0) is 58.1 Å². The summed E-state index contributed by atoms with van der Waals surface area (Å²) >= 11 is 0. The molecule has 3 rings (SSSR count). The van der Waals surface area contributed by atoms with Crippen LogP contribution < -0.4 is 0 Å². The molecule has 1 aromatic heterocycles. The molecule has 2 fully saturated rings. The van der Waals surface area contributed by atoms with Crippen LogP contribution in [-0.4, -0.2) is 59.1 Å². The van der Waals surface area contributed by atoms with E-state index in [1.54, 1.807) is 32.7 Å². The summed E-state index contributed by atoms with van der Waals surface area (Å²) in [6.07, 6.45) is -2.77. The summed E-state index contributed by atoms with van der Waals surface area (Å²) in [5, 5.41) is 0. The minimum absolute atomic E-state index is 0.00709. The van der Waals surface area contributed by atoms with E-state index in [9.17, 15) is 22.8 Å². The summed E-state index contributed by atoms with van der Waals surface area (Å²) in [5.74, 6) is -0.377. The number of halogens is 3. The van der Waals surface area contributed by atoms with Crippen LogP contribution in [-0.2, 0) is 10.9 Å². The Kier molecular flexibility index (Phi) is 6.02. The van der Waals surface area contributed by atoms with Crippen molar-refractivity contribution in [1.29, 1.82) is 0 Å². The van der Waals surface area contributed by atoms with Gasteiger partial charge in [-0.25, -0.2) is 9.78 Å². The van der Waals surface area contributed by atoms with Crippen LogP contribution in [0, 0.1) is 5.92 Å². The van der Waals surface area contributed by atoms with Crippen molar-refractivity contribution >= 4 is 12.0 Å².